The monoisotopic (exact) mass is 222 g/mol. The Morgan fingerprint density at radius 2 is 1.86 bits per heavy atom. The zero-order valence-corrected chi connectivity index (χ0v) is 9.53. The molecule has 2 heteroatoms. The molecular formula is C12H11ClS. The summed E-state index contributed by atoms with van der Waals surface area (Å²) in [6, 6.07) is 10.6. The van der Waals surface area contributed by atoms with Gasteiger partial charge in [0.2, 0.25) is 0 Å². The zero-order chi connectivity index (χ0) is 9.97. The first-order valence-corrected chi connectivity index (χ1v) is 5.88. The second-order valence-electron chi connectivity index (χ2n) is 3.19. The van der Waals surface area contributed by atoms with Crippen LogP contribution in [0.25, 0.3) is 11.1 Å². The molecule has 0 aliphatic heterocycles. The van der Waals surface area contributed by atoms with Crippen LogP contribution in [0.5, 0.6) is 0 Å². The number of halogens is 1. The minimum Gasteiger partial charge on any atom is -0.131 e. The Balaban J connectivity index is 2.33. The molecule has 2 aromatic rings. The van der Waals surface area contributed by atoms with Gasteiger partial charge in [0.25, 0.3) is 0 Å². The van der Waals surface area contributed by atoms with E-state index in [0.717, 1.165) is 10.8 Å². The summed E-state index contributed by atoms with van der Waals surface area (Å²) >= 11 is 7.46. The lowest BCUT2D eigenvalue weighted by molar-refractivity contribution is 1.14. The molecule has 0 bridgehead atoms. The average molecular weight is 223 g/mol. The highest BCUT2D eigenvalue weighted by Crippen LogP contribution is 2.28. The molecule has 0 saturated carbocycles. The van der Waals surface area contributed by atoms with E-state index < -0.39 is 0 Å². The van der Waals surface area contributed by atoms with Crippen LogP contribution >= 0.6 is 22.9 Å². The Kier molecular flexibility index (Phi) is 2.90. The van der Waals surface area contributed by atoms with Gasteiger partial charge >= 0.3 is 0 Å². The number of benzene rings is 1. The second-order valence-corrected chi connectivity index (χ2v) is 4.73. The molecule has 0 fully saturated rings. The van der Waals surface area contributed by atoms with Crippen LogP contribution < -0.4 is 0 Å². The fraction of sp³-hybridized carbons (Fsp3) is 0.167. The van der Waals surface area contributed by atoms with E-state index in [1.54, 1.807) is 11.3 Å². The van der Waals surface area contributed by atoms with Gasteiger partial charge in [-0.3, -0.25) is 0 Å². The van der Waals surface area contributed by atoms with Gasteiger partial charge in [0.1, 0.15) is 0 Å². The molecule has 0 nitrogen and oxygen atoms in total. The van der Waals surface area contributed by atoms with Crippen LogP contribution in [0, 0.1) is 0 Å². The maximum absolute atomic E-state index is 5.89. The number of thiophene rings is 1. The Bertz CT molecular complexity index is 414. The Hall–Kier alpha value is -0.790. The van der Waals surface area contributed by atoms with E-state index in [0.29, 0.717) is 0 Å². The van der Waals surface area contributed by atoms with Gasteiger partial charge in [-0.05, 0) is 29.2 Å². The molecule has 1 heterocycles. The lowest BCUT2D eigenvalue weighted by Gasteiger charge is -1.99. The van der Waals surface area contributed by atoms with Gasteiger partial charge in [-0.2, -0.15) is 0 Å². The first-order valence-electron chi connectivity index (χ1n) is 4.63. The number of hydrogen-bond acceptors (Lipinski definition) is 1. The third kappa shape index (κ3) is 1.99. The summed E-state index contributed by atoms with van der Waals surface area (Å²) in [4.78, 5) is 0. The Morgan fingerprint density at radius 3 is 2.36 bits per heavy atom. The Labute approximate surface area is 93.2 Å². The van der Waals surface area contributed by atoms with Crippen molar-refractivity contribution in [3.05, 3.63) is 45.6 Å². The summed E-state index contributed by atoms with van der Waals surface area (Å²) in [5.41, 5.74) is 3.82. The van der Waals surface area contributed by atoms with Crippen LogP contribution in [0.15, 0.2) is 35.7 Å². The molecular weight excluding hydrogens is 212 g/mol. The number of hydrogen-bond donors (Lipinski definition) is 0. The van der Waals surface area contributed by atoms with E-state index in [2.05, 4.69) is 36.6 Å². The normalized spacial score (nSPS) is 10.4. The van der Waals surface area contributed by atoms with E-state index >= 15 is 0 Å². The lowest BCUT2D eigenvalue weighted by Crippen LogP contribution is -1.79. The predicted molar refractivity (Wildman–Crippen MR) is 64.1 cm³/mol. The number of rotatable bonds is 2. The molecule has 0 atom stereocenters. The molecule has 1 aromatic heterocycles. The minimum atomic E-state index is 0.847. The summed E-state index contributed by atoms with van der Waals surface area (Å²) in [6.07, 6.45) is 1.09. The highest BCUT2D eigenvalue weighted by atomic mass is 35.5. The summed E-state index contributed by atoms with van der Waals surface area (Å²) in [7, 11) is 0. The van der Waals surface area contributed by atoms with Crippen molar-refractivity contribution < 1.29 is 0 Å². The molecule has 0 amide bonds. The van der Waals surface area contributed by atoms with Gasteiger partial charge in [0.15, 0.2) is 0 Å². The number of aryl methyl sites for hydroxylation is 1. The van der Waals surface area contributed by atoms with Gasteiger partial charge in [-0.1, -0.05) is 42.8 Å². The largest absolute Gasteiger partial charge is 0.131 e. The lowest BCUT2D eigenvalue weighted by atomic mass is 10.1. The van der Waals surface area contributed by atoms with Gasteiger partial charge in [0.05, 0.1) is 4.34 Å². The van der Waals surface area contributed by atoms with E-state index in [-0.39, 0.29) is 0 Å². The Morgan fingerprint density at radius 1 is 1.14 bits per heavy atom. The van der Waals surface area contributed by atoms with E-state index in [9.17, 15) is 0 Å². The third-order valence-electron chi connectivity index (χ3n) is 2.26. The van der Waals surface area contributed by atoms with Crippen LogP contribution in [0.2, 0.25) is 4.34 Å². The van der Waals surface area contributed by atoms with Crippen molar-refractivity contribution in [2.75, 3.05) is 0 Å². The van der Waals surface area contributed by atoms with Crippen molar-refractivity contribution in [1.29, 1.82) is 0 Å². The molecule has 0 unspecified atom stereocenters. The molecule has 14 heavy (non-hydrogen) atoms. The van der Waals surface area contributed by atoms with E-state index in [4.69, 9.17) is 11.6 Å². The highest BCUT2D eigenvalue weighted by molar-refractivity contribution is 7.14. The second kappa shape index (κ2) is 4.16. The van der Waals surface area contributed by atoms with Crippen LogP contribution in [0.1, 0.15) is 12.5 Å². The molecule has 0 spiro atoms. The van der Waals surface area contributed by atoms with Crippen molar-refractivity contribution in [2.45, 2.75) is 13.3 Å². The van der Waals surface area contributed by atoms with E-state index in [1.165, 1.54) is 16.7 Å². The zero-order valence-electron chi connectivity index (χ0n) is 7.96. The minimum absolute atomic E-state index is 0.847. The summed E-state index contributed by atoms with van der Waals surface area (Å²) in [5.74, 6) is 0. The third-order valence-corrected chi connectivity index (χ3v) is 3.35. The van der Waals surface area contributed by atoms with E-state index in [1.807, 2.05) is 6.07 Å². The first-order chi connectivity index (χ1) is 6.79. The highest BCUT2D eigenvalue weighted by Gasteiger charge is 2.00. The van der Waals surface area contributed by atoms with Gasteiger partial charge < -0.3 is 0 Å². The van der Waals surface area contributed by atoms with Crippen molar-refractivity contribution >= 4 is 22.9 Å². The molecule has 2 rings (SSSR count). The fourth-order valence-corrected chi connectivity index (χ4v) is 2.28. The average Bonchev–Trinajstić information content (AvgIpc) is 2.65. The van der Waals surface area contributed by atoms with Crippen molar-refractivity contribution in [2.24, 2.45) is 0 Å². The SMILES string of the molecule is CCc1ccc(-c2csc(Cl)c2)cc1. The molecule has 72 valence electrons. The molecule has 0 aliphatic rings. The standard InChI is InChI=1S/C12H11ClS/c1-2-9-3-5-10(6-4-9)11-7-12(13)14-8-11/h3-8H,2H2,1H3. The van der Waals surface area contributed by atoms with Gasteiger partial charge in [-0.15, -0.1) is 11.3 Å². The quantitative estimate of drug-likeness (QED) is 0.695. The van der Waals surface area contributed by atoms with Gasteiger partial charge in [0, 0.05) is 5.38 Å². The molecule has 0 aliphatic carbocycles. The van der Waals surface area contributed by atoms with Gasteiger partial charge in [-0.25, -0.2) is 0 Å². The maximum Gasteiger partial charge on any atom is 0.0934 e. The predicted octanol–water partition coefficient (Wildman–Crippen LogP) is 4.63. The van der Waals surface area contributed by atoms with Crippen molar-refractivity contribution in [1.82, 2.24) is 0 Å². The van der Waals surface area contributed by atoms with Crippen molar-refractivity contribution in [3.8, 4) is 11.1 Å². The molecule has 0 saturated heterocycles. The fourth-order valence-electron chi connectivity index (χ4n) is 1.39. The summed E-state index contributed by atoms with van der Waals surface area (Å²) in [6.45, 7) is 2.16. The van der Waals surface area contributed by atoms with Crippen LogP contribution in [-0.2, 0) is 6.42 Å². The first kappa shape index (κ1) is 9.75. The summed E-state index contributed by atoms with van der Waals surface area (Å²) < 4.78 is 0.847. The molecule has 0 radical (unpaired) electrons. The van der Waals surface area contributed by atoms with Crippen molar-refractivity contribution in [3.63, 3.8) is 0 Å². The topological polar surface area (TPSA) is 0 Å². The smallest absolute Gasteiger partial charge is 0.0934 e. The summed E-state index contributed by atoms with van der Waals surface area (Å²) in [5, 5.41) is 2.09. The molecule has 0 N–H and O–H groups in total. The molecule has 1 aromatic carbocycles. The van der Waals surface area contributed by atoms with Crippen LogP contribution in [-0.4, -0.2) is 0 Å². The van der Waals surface area contributed by atoms with Crippen LogP contribution in [0.3, 0.4) is 0 Å². The van der Waals surface area contributed by atoms with Crippen LogP contribution in [0.4, 0.5) is 0 Å². The maximum atomic E-state index is 5.89.